The maximum atomic E-state index is 4.40. The van der Waals surface area contributed by atoms with Gasteiger partial charge in [-0.25, -0.2) is 0 Å². The first kappa shape index (κ1) is 6.28. The number of nitrogens with zero attached hydrogens (tertiary/aromatic N) is 2. The van der Waals surface area contributed by atoms with Crippen LogP contribution in [0.1, 0.15) is 12.8 Å². The van der Waals surface area contributed by atoms with Gasteiger partial charge in [0.2, 0.25) is 0 Å². The minimum absolute atomic E-state index is 0.341. The van der Waals surface area contributed by atoms with Crippen molar-refractivity contribution in [2.45, 2.75) is 18.2 Å². The lowest BCUT2D eigenvalue weighted by Crippen LogP contribution is -2.34. The third kappa shape index (κ3) is 0.944. The van der Waals surface area contributed by atoms with E-state index in [-0.39, 0.29) is 0 Å². The summed E-state index contributed by atoms with van der Waals surface area (Å²) in [5.74, 6) is 0. The van der Waals surface area contributed by atoms with Gasteiger partial charge in [-0.05, 0) is 24.5 Å². The molecule has 0 amide bonds. The lowest BCUT2D eigenvalue weighted by atomic mass is 10.1. The molecule has 0 aromatic rings. The van der Waals surface area contributed by atoms with Crippen LogP contribution in [-0.4, -0.2) is 23.1 Å². The zero-order valence-electron chi connectivity index (χ0n) is 5.70. The van der Waals surface area contributed by atoms with Crippen LogP contribution in [0, 0.1) is 0 Å². The summed E-state index contributed by atoms with van der Waals surface area (Å²) < 4.78 is 0. The molecule has 2 rings (SSSR count). The van der Waals surface area contributed by atoms with Crippen LogP contribution in [0.4, 0.5) is 0 Å². The third-order valence-electron chi connectivity index (χ3n) is 1.96. The highest BCUT2D eigenvalue weighted by molar-refractivity contribution is 7.80. The molecular formula is C7H10N2S. The van der Waals surface area contributed by atoms with E-state index < -0.39 is 0 Å². The molecule has 2 aliphatic heterocycles. The van der Waals surface area contributed by atoms with Gasteiger partial charge < -0.3 is 0 Å². The van der Waals surface area contributed by atoms with Gasteiger partial charge in [0, 0.05) is 6.21 Å². The van der Waals surface area contributed by atoms with E-state index in [4.69, 9.17) is 0 Å². The van der Waals surface area contributed by atoms with Gasteiger partial charge in [-0.2, -0.15) is 17.7 Å². The molecule has 0 aromatic heterocycles. The molecule has 0 N–H and O–H groups in total. The normalized spacial score (nSPS) is 30.3. The molecule has 2 heterocycles. The predicted molar refractivity (Wildman–Crippen MR) is 45.3 cm³/mol. The molecule has 0 radical (unpaired) electrons. The largest absolute Gasteiger partial charge is 0.280 e. The van der Waals surface area contributed by atoms with E-state index in [1.807, 2.05) is 11.2 Å². The maximum absolute atomic E-state index is 4.40. The molecule has 1 fully saturated rings. The average Bonchev–Trinajstić information content (AvgIpc) is 1.99. The number of hydrazone groups is 1. The molecule has 3 heteroatoms. The van der Waals surface area contributed by atoms with Crippen LogP contribution >= 0.6 is 12.6 Å². The molecular weight excluding hydrogens is 144 g/mol. The fourth-order valence-electron chi connectivity index (χ4n) is 1.33. The fourth-order valence-corrected chi connectivity index (χ4v) is 1.60. The number of hydrogen-bond donors (Lipinski definition) is 1. The number of fused-ring (bicyclic) bond motifs is 2. The van der Waals surface area contributed by atoms with Crippen molar-refractivity contribution in [2.75, 3.05) is 6.54 Å². The first-order valence-corrected chi connectivity index (χ1v) is 4.04. The highest BCUT2D eigenvalue weighted by Crippen LogP contribution is 2.25. The van der Waals surface area contributed by atoms with Gasteiger partial charge in [-0.3, -0.25) is 5.01 Å². The average molecular weight is 154 g/mol. The molecule has 0 aliphatic carbocycles. The van der Waals surface area contributed by atoms with Gasteiger partial charge in [-0.15, -0.1) is 0 Å². The van der Waals surface area contributed by atoms with Crippen molar-refractivity contribution in [1.29, 1.82) is 0 Å². The number of thiol groups is 1. The second kappa shape index (κ2) is 2.31. The number of allylic oxidation sites excluding steroid dienone is 1. The van der Waals surface area contributed by atoms with Crippen molar-refractivity contribution < 1.29 is 0 Å². The smallest absolute Gasteiger partial charge is 0.0900 e. The first-order valence-electron chi connectivity index (χ1n) is 3.53. The molecule has 10 heavy (non-hydrogen) atoms. The monoisotopic (exact) mass is 154 g/mol. The summed E-state index contributed by atoms with van der Waals surface area (Å²) in [7, 11) is 0. The summed E-state index contributed by atoms with van der Waals surface area (Å²) >= 11 is 4.40. The van der Waals surface area contributed by atoms with E-state index in [0.717, 1.165) is 13.0 Å². The summed E-state index contributed by atoms with van der Waals surface area (Å²) in [6.45, 7) is 0.991. The zero-order chi connectivity index (χ0) is 6.97. The van der Waals surface area contributed by atoms with Crippen molar-refractivity contribution in [3.63, 3.8) is 0 Å². The molecule has 2 aliphatic rings. The van der Waals surface area contributed by atoms with Gasteiger partial charge in [0.25, 0.3) is 0 Å². The minimum atomic E-state index is 0.341. The summed E-state index contributed by atoms with van der Waals surface area (Å²) in [6.07, 6.45) is 6.29. The number of piperidine rings is 1. The van der Waals surface area contributed by atoms with Crippen molar-refractivity contribution in [1.82, 2.24) is 5.01 Å². The molecule has 1 unspecified atom stereocenters. The van der Waals surface area contributed by atoms with Crippen LogP contribution in [0.2, 0.25) is 0 Å². The van der Waals surface area contributed by atoms with Crippen LogP contribution in [0.15, 0.2) is 16.8 Å². The minimum Gasteiger partial charge on any atom is -0.280 e. The molecule has 1 saturated heterocycles. The topological polar surface area (TPSA) is 15.6 Å². The second-order valence-electron chi connectivity index (χ2n) is 2.71. The Morgan fingerprint density at radius 2 is 2.60 bits per heavy atom. The molecule has 0 spiro atoms. The van der Waals surface area contributed by atoms with Gasteiger partial charge in [0.1, 0.15) is 0 Å². The molecule has 0 saturated carbocycles. The van der Waals surface area contributed by atoms with Gasteiger partial charge in [0.15, 0.2) is 0 Å². The number of rotatable bonds is 0. The van der Waals surface area contributed by atoms with E-state index in [9.17, 15) is 0 Å². The van der Waals surface area contributed by atoms with Gasteiger partial charge in [-0.1, -0.05) is 0 Å². The summed E-state index contributed by atoms with van der Waals surface area (Å²) in [4.78, 5) is 0. The van der Waals surface area contributed by atoms with Crippen molar-refractivity contribution in [3.05, 3.63) is 11.6 Å². The van der Waals surface area contributed by atoms with Crippen molar-refractivity contribution >= 4 is 18.8 Å². The third-order valence-corrected chi connectivity index (χ3v) is 2.48. The predicted octanol–water partition coefficient (Wildman–Crippen LogP) is 1.26. The number of hydrogen-bond acceptors (Lipinski definition) is 3. The van der Waals surface area contributed by atoms with Crippen molar-refractivity contribution in [3.8, 4) is 0 Å². The Morgan fingerprint density at radius 3 is 3.40 bits per heavy atom. The molecule has 0 aromatic carbocycles. The summed E-state index contributed by atoms with van der Waals surface area (Å²) in [6, 6.07) is 0. The van der Waals surface area contributed by atoms with E-state index in [1.165, 1.54) is 12.0 Å². The SMILES string of the molecule is SC1CCC2=CC=NN1C2. The quantitative estimate of drug-likeness (QED) is 0.519. The Morgan fingerprint density at radius 1 is 1.70 bits per heavy atom. The second-order valence-corrected chi connectivity index (χ2v) is 3.30. The van der Waals surface area contributed by atoms with Gasteiger partial charge in [0.05, 0.1) is 11.9 Å². The highest BCUT2D eigenvalue weighted by Gasteiger charge is 2.21. The molecule has 1 atom stereocenters. The lowest BCUT2D eigenvalue weighted by molar-refractivity contribution is 0.252. The van der Waals surface area contributed by atoms with E-state index in [0.29, 0.717) is 5.37 Å². The molecule has 2 nitrogen and oxygen atoms in total. The van der Waals surface area contributed by atoms with E-state index in [1.54, 1.807) is 0 Å². The summed E-state index contributed by atoms with van der Waals surface area (Å²) in [5.41, 5.74) is 1.49. The van der Waals surface area contributed by atoms with E-state index >= 15 is 0 Å². The Kier molecular flexibility index (Phi) is 1.45. The van der Waals surface area contributed by atoms with Crippen LogP contribution < -0.4 is 0 Å². The Hall–Kier alpha value is -0.440. The standard InChI is InChI=1S/C7H10N2S/c10-7-2-1-6-3-4-8-9(7)5-6/h3-4,7,10H,1-2,5H2. The molecule has 54 valence electrons. The fraction of sp³-hybridized carbons (Fsp3) is 0.571. The van der Waals surface area contributed by atoms with E-state index in [2.05, 4.69) is 23.8 Å². The Balaban J connectivity index is 2.21. The summed E-state index contributed by atoms with van der Waals surface area (Å²) in [5, 5.41) is 6.56. The Labute approximate surface area is 66.0 Å². The first-order chi connectivity index (χ1) is 4.86. The van der Waals surface area contributed by atoms with Crippen molar-refractivity contribution in [2.24, 2.45) is 5.10 Å². The zero-order valence-corrected chi connectivity index (χ0v) is 6.59. The lowest BCUT2D eigenvalue weighted by Gasteiger charge is -2.33. The molecule has 2 bridgehead atoms. The Bertz CT molecular complexity index is 198. The van der Waals surface area contributed by atoms with Crippen LogP contribution in [-0.2, 0) is 0 Å². The highest BCUT2D eigenvalue weighted by atomic mass is 32.1. The maximum Gasteiger partial charge on any atom is 0.0900 e. The van der Waals surface area contributed by atoms with Crippen LogP contribution in [0.5, 0.6) is 0 Å². The van der Waals surface area contributed by atoms with Crippen LogP contribution in [0.25, 0.3) is 0 Å². The van der Waals surface area contributed by atoms with Crippen LogP contribution in [0.3, 0.4) is 0 Å². The van der Waals surface area contributed by atoms with Gasteiger partial charge >= 0.3 is 0 Å².